The van der Waals surface area contributed by atoms with Crippen molar-refractivity contribution in [3.8, 4) is 17.6 Å². The number of hydrogen-bond acceptors (Lipinski definition) is 5. The Hall–Kier alpha value is -3.91. The van der Waals surface area contributed by atoms with E-state index in [2.05, 4.69) is 38.6 Å². The summed E-state index contributed by atoms with van der Waals surface area (Å²) in [4.78, 5) is 18.5. The van der Waals surface area contributed by atoms with Gasteiger partial charge in [0.15, 0.2) is 11.5 Å². The normalized spacial score (nSPS) is 11.3. The maximum Gasteiger partial charge on any atom is 0.335 e. The van der Waals surface area contributed by atoms with Crippen LogP contribution in [0.1, 0.15) is 27.3 Å². The van der Waals surface area contributed by atoms with Crippen LogP contribution >= 0.6 is 22.6 Å². The molecule has 0 radical (unpaired) electrons. The minimum absolute atomic E-state index is 0.154. The molecular weight excluding hydrogens is 552 g/mol. The van der Waals surface area contributed by atoms with Crippen molar-refractivity contribution in [3.05, 3.63) is 86.5 Å². The summed E-state index contributed by atoms with van der Waals surface area (Å²) in [5, 5.41) is 18.9. The number of nitrogens with zero attached hydrogens (tertiary/aromatic N) is 2. The molecule has 0 unspecified atom stereocenters. The topological polar surface area (TPSA) is 108 Å². The highest BCUT2D eigenvalue weighted by atomic mass is 127. The number of H-pyrrole nitrogens is 1. The third-order valence-electron chi connectivity index (χ3n) is 4.94. The molecule has 0 amide bonds. The molecule has 1 aromatic heterocycles. The van der Waals surface area contributed by atoms with Crippen LogP contribution in [0.5, 0.6) is 11.5 Å². The SMILES string of the molecule is COc1cc(/C=C(/C#N)c2nc3ccc(F)cc3[nH]2)cc(I)c1OCc1cccc(C(=O)O)c1. The highest BCUT2D eigenvalue weighted by Gasteiger charge is 2.14. The van der Waals surface area contributed by atoms with Gasteiger partial charge >= 0.3 is 5.97 Å². The first kappa shape index (κ1) is 23.3. The van der Waals surface area contributed by atoms with E-state index in [9.17, 15) is 14.4 Å². The lowest BCUT2D eigenvalue weighted by atomic mass is 10.1. The number of ether oxygens (including phenoxy) is 2. The molecule has 0 fully saturated rings. The van der Waals surface area contributed by atoms with Gasteiger partial charge in [0.1, 0.15) is 24.3 Å². The number of nitrogens with one attached hydrogen (secondary N) is 1. The number of benzene rings is 3. The number of allylic oxidation sites excluding steroid dienone is 1. The van der Waals surface area contributed by atoms with E-state index in [0.29, 0.717) is 39.5 Å². The second-order valence-corrected chi connectivity index (χ2v) is 8.41. The summed E-state index contributed by atoms with van der Waals surface area (Å²) in [5.74, 6) is -0.117. The first-order chi connectivity index (χ1) is 16.4. The fourth-order valence-corrected chi connectivity index (χ4v) is 4.12. The van der Waals surface area contributed by atoms with Gasteiger partial charge in [0.05, 0.1) is 32.8 Å². The summed E-state index contributed by atoms with van der Waals surface area (Å²) in [6.07, 6.45) is 1.65. The molecular formula is C25H17FIN3O4. The van der Waals surface area contributed by atoms with Gasteiger partial charge in [-0.3, -0.25) is 0 Å². The van der Waals surface area contributed by atoms with Crippen LogP contribution in [0.25, 0.3) is 22.7 Å². The zero-order valence-electron chi connectivity index (χ0n) is 17.8. The second kappa shape index (κ2) is 9.93. The molecule has 7 nitrogen and oxygen atoms in total. The third kappa shape index (κ3) is 5.02. The minimum atomic E-state index is -1.01. The van der Waals surface area contributed by atoms with Crippen LogP contribution in [-0.2, 0) is 6.61 Å². The Morgan fingerprint density at radius 1 is 1.26 bits per heavy atom. The number of nitriles is 1. The van der Waals surface area contributed by atoms with Crippen molar-refractivity contribution < 1.29 is 23.8 Å². The largest absolute Gasteiger partial charge is 0.493 e. The molecule has 0 aliphatic rings. The fraction of sp³-hybridized carbons (Fsp3) is 0.0800. The van der Waals surface area contributed by atoms with Crippen molar-refractivity contribution in [3.63, 3.8) is 0 Å². The Bertz CT molecular complexity index is 1470. The summed E-state index contributed by atoms with van der Waals surface area (Å²) >= 11 is 2.11. The van der Waals surface area contributed by atoms with Gasteiger partial charge in [0.25, 0.3) is 0 Å². The molecule has 9 heteroatoms. The van der Waals surface area contributed by atoms with E-state index in [0.717, 1.165) is 3.57 Å². The van der Waals surface area contributed by atoms with Crippen LogP contribution < -0.4 is 9.47 Å². The lowest BCUT2D eigenvalue weighted by Gasteiger charge is -2.14. The number of carboxylic acids is 1. The second-order valence-electron chi connectivity index (χ2n) is 7.25. The molecule has 4 rings (SSSR count). The lowest BCUT2D eigenvalue weighted by molar-refractivity contribution is 0.0696. The zero-order valence-corrected chi connectivity index (χ0v) is 20.0. The number of carbonyl (C=O) groups is 1. The van der Waals surface area contributed by atoms with Gasteiger partial charge in [-0.15, -0.1) is 0 Å². The highest BCUT2D eigenvalue weighted by molar-refractivity contribution is 14.1. The van der Waals surface area contributed by atoms with Crippen LogP contribution in [-0.4, -0.2) is 28.2 Å². The number of rotatable bonds is 7. The smallest absolute Gasteiger partial charge is 0.335 e. The molecule has 3 aromatic carbocycles. The predicted molar refractivity (Wildman–Crippen MR) is 133 cm³/mol. The monoisotopic (exact) mass is 569 g/mol. The van der Waals surface area contributed by atoms with Crippen molar-refractivity contribution in [2.75, 3.05) is 7.11 Å². The molecule has 0 aliphatic heterocycles. The number of aromatic amines is 1. The summed E-state index contributed by atoms with van der Waals surface area (Å²) < 4.78 is 25.7. The van der Waals surface area contributed by atoms with Crippen LogP contribution in [0.2, 0.25) is 0 Å². The van der Waals surface area contributed by atoms with Crippen LogP contribution in [0.3, 0.4) is 0 Å². The Kier molecular flexibility index (Phi) is 6.79. The van der Waals surface area contributed by atoms with Crippen molar-refractivity contribution in [2.24, 2.45) is 0 Å². The van der Waals surface area contributed by atoms with Gasteiger partial charge < -0.3 is 19.6 Å². The lowest BCUT2D eigenvalue weighted by Crippen LogP contribution is -2.02. The molecule has 170 valence electrons. The molecule has 0 saturated heterocycles. The summed E-state index contributed by atoms with van der Waals surface area (Å²) in [6.45, 7) is 0.154. The summed E-state index contributed by atoms with van der Waals surface area (Å²) in [7, 11) is 1.51. The molecule has 1 heterocycles. The Morgan fingerprint density at radius 2 is 2.09 bits per heavy atom. The van der Waals surface area contributed by atoms with Crippen molar-refractivity contribution >= 4 is 51.2 Å². The van der Waals surface area contributed by atoms with Gasteiger partial charge in [0.2, 0.25) is 0 Å². The number of carboxylic acid groups (broad SMARTS) is 1. The molecule has 0 spiro atoms. The average molecular weight is 569 g/mol. The number of imidazole rings is 1. The third-order valence-corrected chi connectivity index (χ3v) is 5.74. The van der Waals surface area contributed by atoms with Gasteiger partial charge in [0, 0.05) is 0 Å². The number of hydrogen-bond donors (Lipinski definition) is 2. The maximum atomic E-state index is 13.5. The van der Waals surface area contributed by atoms with Gasteiger partial charge in [-0.1, -0.05) is 12.1 Å². The number of aromatic nitrogens is 2. The van der Waals surface area contributed by atoms with Crippen molar-refractivity contribution in [2.45, 2.75) is 6.61 Å². The standard InChI is InChI=1S/C25H17FIN3O4/c1-33-22-10-15(8-17(12-28)24-29-20-6-5-18(26)11-21(20)30-24)9-19(27)23(22)34-13-14-3-2-4-16(7-14)25(31)32/h2-11H,13H2,1H3,(H,29,30)(H,31,32)/b17-8-. The van der Waals surface area contributed by atoms with Gasteiger partial charge in [-0.2, -0.15) is 5.26 Å². The van der Waals surface area contributed by atoms with Crippen LogP contribution in [0, 0.1) is 20.7 Å². The zero-order chi connectivity index (χ0) is 24.2. The molecule has 2 N–H and O–H groups in total. The number of methoxy groups -OCH3 is 1. The highest BCUT2D eigenvalue weighted by Crippen LogP contribution is 2.35. The van der Waals surface area contributed by atoms with E-state index < -0.39 is 11.8 Å². The number of aromatic carboxylic acids is 1. The van der Waals surface area contributed by atoms with Crippen LogP contribution in [0.4, 0.5) is 4.39 Å². The van der Waals surface area contributed by atoms with Gasteiger partial charge in [-0.25, -0.2) is 14.2 Å². The van der Waals surface area contributed by atoms with Gasteiger partial charge in [-0.05, 0) is 82.3 Å². The molecule has 0 atom stereocenters. The van der Waals surface area contributed by atoms with E-state index >= 15 is 0 Å². The fourth-order valence-electron chi connectivity index (χ4n) is 3.34. The predicted octanol–water partition coefficient (Wildman–Crippen LogP) is 5.66. The molecule has 4 aromatic rings. The minimum Gasteiger partial charge on any atom is -0.493 e. The first-order valence-electron chi connectivity index (χ1n) is 9.98. The molecule has 0 saturated carbocycles. The van der Waals surface area contributed by atoms with E-state index in [1.54, 1.807) is 36.4 Å². The van der Waals surface area contributed by atoms with E-state index in [-0.39, 0.29) is 17.7 Å². The maximum absolute atomic E-state index is 13.5. The number of fused-ring (bicyclic) bond motifs is 1. The van der Waals surface area contributed by atoms with Crippen molar-refractivity contribution in [1.29, 1.82) is 5.26 Å². The molecule has 0 aliphatic carbocycles. The first-order valence-corrected chi connectivity index (χ1v) is 11.1. The molecule has 34 heavy (non-hydrogen) atoms. The van der Waals surface area contributed by atoms with E-state index in [1.165, 1.54) is 25.3 Å². The van der Waals surface area contributed by atoms with Crippen molar-refractivity contribution in [1.82, 2.24) is 9.97 Å². The average Bonchev–Trinajstić information content (AvgIpc) is 3.24. The quantitative estimate of drug-likeness (QED) is 0.220. The van der Waals surface area contributed by atoms with E-state index in [1.807, 2.05) is 6.07 Å². The Morgan fingerprint density at radius 3 is 2.82 bits per heavy atom. The Labute approximate surface area is 207 Å². The Balaban J connectivity index is 1.62. The summed E-state index contributed by atoms with van der Waals surface area (Å²) in [5.41, 5.74) is 2.90. The van der Waals surface area contributed by atoms with Crippen LogP contribution in [0.15, 0.2) is 54.6 Å². The number of halogens is 2. The summed E-state index contributed by atoms with van der Waals surface area (Å²) in [6, 6.07) is 16.4. The van der Waals surface area contributed by atoms with E-state index in [4.69, 9.17) is 14.6 Å². The molecule has 0 bridgehead atoms.